The van der Waals surface area contributed by atoms with Gasteiger partial charge in [-0.25, -0.2) is 0 Å². The first-order valence-corrected chi connectivity index (χ1v) is 6.70. The van der Waals surface area contributed by atoms with E-state index in [9.17, 15) is 4.79 Å². The molecule has 4 nitrogen and oxygen atoms in total. The molecule has 1 aromatic carbocycles. The zero-order valence-corrected chi connectivity index (χ0v) is 11.5. The van der Waals surface area contributed by atoms with Gasteiger partial charge in [-0.1, -0.05) is 15.9 Å². The van der Waals surface area contributed by atoms with Crippen molar-refractivity contribution in [3.05, 3.63) is 28.2 Å². The van der Waals surface area contributed by atoms with E-state index in [1.165, 1.54) is 0 Å². The lowest BCUT2D eigenvalue weighted by Gasteiger charge is -2.16. The lowest BCUT2D eigenvalue weighted by atomic mass is 10.2. The summed E-state index contributed by atoms with van der Waals surface area (Å²) in [4.78, 5) is 13.7. The fraction of sp³-hybridized carbons (Fsp3) is 0.385. The number of likely N-dealkylation sites (tertiary alicyclic amines) is 1. The van der Waals surface area contributed by atoms with Crippen LogP contribution < -0.4 is 5.32 Å². The lowest BCUT2D eigenvalue weighted by molar-refractivity contribution is -0.128. The van der Waals surface area contributed by atoms with Crippen molar-refractivity contribution in [2.75, 3.05) is 25.0 Å². The first-order valence-electron chi connectivity index (χ1n) is 5.91. The quantitative estimate of drug-likeness (QED) is 0.932. The highest BCUT2D eigenvalue weighted by Gasteiger charge is 2.17. The monoisotopic (exact) mass is 307 g/mol. The Morgan fingerprint density at radius 2 is 2.11 bits per heavy atom. The molecule has 0 saturated carbocycles. The third-order valence-electron chi connectivity index (χ3n) is 2.93. The van der Waals surface area contributed by atoms with Crippen molar-refractivity contribution in [1.29, 1.82) is 5.26 Å². The van der Waals surface area contributed by atoms with Gasteiger partial charge in [0.2, 0.25) is 5.91 Å². The van der Waals surface area contributed by atoms with E-state index in [2.05, 4.69) is 27.3 Å². The molecule has 0 bridgehead atoms. The van der Waals surface area contributed by atoms with Crippen molar-refractivity contribution < 1.29 is 4.79 Å². The Labute approximate surface area is 115 Å². The van der Waals surface area contributed by atoms with Gasteiger partial charge < -0.3 is 10.2 Å². The van der Waals surface area contributed by atoms with Gasteiger partial charge in [0.1, 0.15) is 0 Å². The number of nitriles is 1. The van der Waals surface area contributed by atoms with Crippen LogP contribution in [0.2, 0.25) is 0 Å². The summed E-state index contributed by atoms with van der Waals surface area (Å²) < 4.78 is 0.831. The van der Waals surface area contributed by atoms with Crippen LogP contribution in [0.15, 0.2) is 22.7 Å². The van der Waals surface area contributed by atoms with Crippen molar-refractivity contribution in [1.82, 2.24) is 4.90 Å². The number of carbonyl (C=O) groups is 1. The molecule has 1 saturated heterocycles. The zero-order chi connectivity index (χ0) is 13.0. The number of anilines is 1. The minimum atomic E-state index is 0.117. The second kappa shape index (κ2) is 5.87. The number of benzene rings is 1. The maximum Gasteiger partial charge on any atom is 0.241 e. The molecule has 0 atom stereocenters. The second-order valence-electron chi connectivity index (χ2n) is 4.28. The standard InChI is InChI=1S/C13H14BrN3O/c14-11-5-10(8-15)6-12(7-11)16-9-13(18)17-3-1-2-4-17/h5-7,16H,1-4,9H2. The maximum atomic E-state index is 11.8. The highest BCUT2D eigenvalue weighted by atomic mass is 79.9. The van der Waals surface area contributed by atoms with E-state index in [0.29, 0.717) is 5.56 Å². The third-order valence-corrected chi connectivity index (χ3v) is 3.39. The summed E-state index contributed by atoms with van der Waals surface area (Å²) in [6.07, 6.45) is 2.20. The molecule has 1 aromatic rings. The van der Waals surface area contributed by atoms with Gasteiger partial charge in [0.25, 0.3) is 0 Å². The molecule has 1 fully saturated rings. The number of hydrogen-bond acceptors (Lipinski definition) is 3. The molecule has 94 valence electrons. The highest BCUT2D eigenvalue weighted by Crippen LogP contribution is 2.19. The summed E-state index contributed by atoms with van der Waals surface area (Å²) >= 11 is 3.34. The van der Waals surface area contributed by atoms with E-state index in [0.717, 1.165) is 36.1 Å². The third kappa shape index (κ3) is 3.23. The Balaban J connectivity index is 1.95. The minimum absolute atomic E-state index is 0.117. The van der Waals surface area contributed by atoms with Crippen LogP contribution in [0.4, 0.5) is 5.69 Å². The molecule has 0 radical (unpaired) electrons. The summed E-state index contributed by atoms with van der Waals surface area (Å²) in [6.45, 7) is 2.01. The Morgan fingerprint density at radius 3 is 2.78 bits per heavy atom. The number of rotatable bonds is 3. The molecule has 1 amide bonds. The molecular weight excluding hydrogens is 294 g/mol. The van der Waals surface area contributed by atoms with Crippen molar-refractivity contribution in [3.63, 3.8) is 0 Å². The first kappa shape index (κ1) is 12.9. The van der Waals surface area contributed by atoms with E-state index in [4.69, 9.17) is 5.26 Å². The summed E-state index contributed by atoms with van der Waals surface area (Å²) in [5, 5.41) is 11.9. The summed E-state index contributed by atoms with van der Waals surface area (Å²) in [5.74, 6) is 0.117. The molecule has 0 spiro atoms. The normalized spacial score (nSPS) is 14.3. The molecule has 2 rings (SSSR count). The Morgan fingerprint density at radius 1 is 1.39 bits per heavy atom. The predicted octanol–water partition coefficient (Wildman–Crippen LogP) is 2.36. The van der Waals surface area contributed by atoms with Crippen molar-refractivity contribution in [3.8, 4) is 6.07 Å². The van der Waals surface area contributed by atoms with Gasteiger partial charge in [0.15, 0.2) is 0 Å². The van der Waals surface area contributed by atoms with E-state index in [1.54, 1.807) is 12.1 Å². The molecule has 1 N–H and O–H groups in total. The highest BCUT2D eigenvalue weighted by molar-refractivity contribution is 9.10. The van der Waals surface area contributed by atoms with Crippen LogP contribution in [0, 0.1) is 11.3 Å². The number of hydrogen-bond donors (Lipinski definition) is 1. The Bertz CT molecular complexity index is 489. The number of nitrogens with one attached hydrogen (secondary N) is 1. The summed E-state index contributed by atoms with van der Waals surface area (Å²) in [6, 6.07) is 7.43. The Hall–Kier alpha value is -1.54. The largest absolute Gasteiger partial charge is 0.376 e. The fourth-order valence-corrected chi connectivity index (χ4v) is 2.51. The molecule has 18 heavy (non-hydrogen) atoms. The van der Waals surface area contributed by atoms with Gasteiger partial charge in [-0.3, -0.25) is 4.79 Å². The van der Waals surface area contributed by atoms with Crippen LogP contribution in [0.3, 0.4) is 0 Å². The van der Waals surface area contributed by atoms with Gasteiger partial charge in [-0.05, 0) is 31.0 Å². The van der Waals surface area contributed by atoms with Crippen LogP contribution in [0.5, 0.6) is 0 Å². The average Bonchev–Trinajstić information content (AvgIpc) is 2.89. The molecule has 0 unspecified atom stereocenters. The molecule has 1 aliphatic rings. The maximum absolute atomic E-state index is 11.8. The van der Waals surface area contributed by atoms with Crippen LogP contribution in [-0.2, 0) is 4.79 Å². The average molecular weight is 308 g/mol. The van der Waals surface area contributed by atoms with Crippen molar-refractivity contribution in [2.24, 2.45) is 0 Å². The minimum Gasteiger partial charge on any atom is -0.376 e. The number of halogens is 1. The SMILES string of the molecule is N#Cc1cc(Br)cc(NCC(=O)N2CCCC2)c1. The van der Waals surface area contributed by atoms with Crippen molar-refractivity contribution in [2.45, 2.75) is 12.8 Å². The summed E-state index contributed by atoms with van der Waals surface area (Å²) in [5.41, 5.74) is 1.36. The first-order chi connectivity index (χ1) is 8.69. The molecule has 5 heteroatoms. The smallest absolute Gasteiger partial charge is 0.241 e. The van der Waals surface area contributed by atoms with Crippen molar-refractivity contribution >= 4 is 27.5 Å². The van der Waals surface area contributed by atoms with Gasteiger partial charge in [-0.2, -0.15) is 5.26 Å². The summed E-state index contributed by atoms with van der Waals surface area (Å²) in [7, 11) is 0. The number of carbonyl (C=O) groups excluding carboxylic acids is 1. The van der Waals surface area contributed by atoms with Gasteiger partial charge in [0.05, 0.1) is 18.2 Å². The molecule has 1 heterocycles. The second-order valence-corrected chi connectivity index (χ2v) is 5.20. The zero-order valence-electron chi connectivity index (χ0n) is 9.95. The van der Waals surface area contributed by atoms with Gasteiger partial charge in [0, 0.05) is 23.2 Å². The van der Waals surface area contributed by atoms with Gasteiger partial charge >= 0.3 is 0 Å². The Kier molecular flexibility index (Phi) is 4.21. The molecule has 0 aromatic heterocycles. The van der Waals surface area contributed by atoms with E-state index in [1.807, 2.05) is 11.0 Å². The van der Waals surface area contributed by atoms with E-state index < -0.39 is 0 Å². The van der Waals surface area contributed by atoms with Crippen LogP contribution in [0.1, 0.15) is 18.4 Å². The predicted molar refractivity (Wildman–Crippen MR) is 73.2 cm³/mol. The van der Waals surface area contributed by atoms with E-state index in [-0.39, 0.29) is 12.5 Å². The number of amides is 1. The van der Waals surface area contributed by atoms with E-state index >= 15 is 0 Å². The van der Waals surface area contributed by atoms with Gasteiger partial charge in [-0.15, -0.1) is 0 Å². The van der Waals surface area contributed by atoms with Crippen LogP contribution in [0.25, 0.3) is 0 Å². The molecule has 1 aliphatic heterocycles. The molecular formula is C13H14BrN3O. The topological polar surface area (TPSA) is 56.1 Å². The molecule has 0 aliphatic carbocycles. The number of nitrogens with zero attached hydrogens (tertiary/aromatic N) is 2. The fourth-order valence-electron chi connectivity index (χ4n) is 2.01. The van der Waals surface area contributed by atoms with Crippen LogP contribution in [-0.4, -0.2) is 30.4 Å². The van der Waals surface area contributed by atoms with Crippen LogP contribution >= 0.6 is 15.9 Å². The lowest BCUT2D eigenvalue weighted by Crippen LogP contribution is -2.32.